The second-order valence-electron chi connectivity index (χ2n) is 5.87. The van der Waals surface area contributed by atoms with Crippen LogP contribution in [-0.2, 0) is 0 Å². The van der Waals surface area contributed by atoms with Gasteiger partial charge in [-0.2, -0.15) is 10.4 Å². The van der Waals surface area contributed by atoms with Gasteiger partial charge >= 0.3 is 0 Å². The molecule has 1 aromatic heterocycles. The van der Waals surface area contributed by atoms with Crippen LogP contribution < -0.4 is 5.43 Å². The predicted molar refractivity (Wildman–Crippen MR) is 112 cm³/mol. The molecular weight excluding hydrogens is 387 g/mol. The monoisotopic (exact) mass is 400 g/mol. The molecule has 0 aliphatic heterocycles. The van der Waals surface area contributed by atoms with E-state index in [1.54, 1.807) is 36.4 Å². The number of nitrogens with zero attached hydrogens (tertiary/aromatic N) is 5. The lowest BCUT2D eigenvalue weighted by Gasteiger charge is -2.02. The van der Waals surface area contributed by atoms with Gasteiger partial charge in [-0.05, 0) is 48.5 Å². The van der Waals surface area contributed by atoms with Gasteiger partial charge < -0.3 is 0 Å². The van der Waals surface area contributed by atoms with Gasteiger partial charge in [0.2, 0.25) is 11.0 Å². The number of azo groups is 1. The van der Waals surface area contributed by atoms with Crippen LogP contribution in [0.5, 0.6) is 0 Å². The third-order valence-corrected chi connectivity index (χ3v) is 4.87. The quantitative estimate of drug-likeness (QED) is 0.201. The highest BCUT2D eigenvalue weighted by atomic mass is 32.1. The largest absolute Gasteiger partial charge is 0.250 e. The number of hydrazone groups is 1. The minimum Gasteiger partial charge on any atom is -0.250 e. The Kier molecular flexibility index (Phi) is 5.31. The molecule has 0 amide bonds. The van der Waals surface area contributed by atoms with Crippen molar-refractivity contribution in [1.82, 2.24) is 4.98 Å². The van der Waals surface area contributed by atoms with Crippen LogP contribution in [0, 0.1) is 17.1 Å². The van der Waals surface area contributed by atoms with Crippen molar-refractivity contribution in [2.75, 3.05) is 5.43 Å². The normalized spacial score (nSPS) is 11.7. The number of aromatic nitrogens is 1. The van der Waals surface area contributed by atoms with Crippen LogP contribution in [0.15, 0.2) is 88.1 Å². The molecule has 4 aromatic rings. The number of hydrogen-bond donors (Lipinski definition) is 1. The molecule has 0 aliphatic rings. The van der Waals surface area contributed by atoms with Crippen molar-refractivity contribution in [3.05, 3.63) is 89.7 Å². The summed E-state index contributed by atoms with van der Waals surface area (Å²) in [5, 5.41) is 22.0. The molecule has 0 fully saturated rings. The molecule has 6 nitrogen and oxygen atoms in total. The van der Waals surface area contributed by atoms with Crippen LogP contribution >= 0.6 is 11.3 Å². The van der Waals surface area contributed by atoms with E-state index in [0.717, 1.165) is 10.2 Å². The molecule has 1 N–H and O–H groups in total. The number of amidine groups is 1. The highest BCUT2D eigenvalue weighted by Crippen LogP contribution is 2.25. The second-order valence-corrected chi connectivity index (χ2v) is 6.91. The third-order valence-electron chi connectivity index (χ3n) is 3.93. The molecule has 0 atom stereocenters. The van der Waals surface area contributed by atoms with E-state index in [1.807, 2.05) is 24.3 Å². The number of nitriles is 1. The summed E-state index contributed by atoms with van der Waals surface area (Å²) >= 11 is 1.45. The number of nitrogens with one attached hydrogen (secondary N) is 1. The molecule has 0 radical (unpaired) electrons. The molecule has 0 saturated heterocycles. The van der Waals surface area contributed by atoms with E-state index in [-0.39, 0.29) is 11.5 Å². The molecule has 29 heavy (non-hydrogen) atoms. The van der Waals surface area contributed by atoms with Gasteiger partial charge in [0.05, 0.1) is 21.8 Å². The fourth-order valence-corrected chi connectivity index (χ4v) is 3.30. The van der Waals surface area contributed by atoms with E-state index in [1.165, 1.54) is 23.5 Å². The summed E-state index contributed by atoms with van der Waals surface area (Å²) in [6, 6.07) is 22.6. The van der Waals surface area contributed by atoms with Crippen LogP contribution in [0.4, 0.5) is 15.2 Å². The summed E-state index contributed by atoms with van der Waals surface area (Å²) in [7, 11) is 0. The lowest BCUT2D eigenvalue weighted by Crippen LogP contribution is -2.01. The zero-order valence-corrected chi connectivity index (χ0v) is 15.8. The summed E-state index contributed by atoms with van der Waals surface area (Å²) in [4.78, 5) is 4.46. The first kappa shape index (κ1) is 18.4. The SMILES string of the molecule is N#Cc1ccc(C(N=Nc2ccccc2F)=NNc2nc3ccccc3s2)cc1. The van der Waals surface area contributed by atoms with Gasteiger partial charge in [0.15, 0.2) is 5.82 Å². The van der Waals surface area contributed by atoms with Crippen molar-refractivity contribution in [3.63, 3.8) is 0 Å². The first-order valence-electron chi connectivity index (χ1n) is 8.59. The van der Waals surface area contributed by atoms with Crippen LogP contribution in [-0.4, -0.2) is 10.8 Å². The van der Waals surface area contributed by atoms with Gasteiger partial charge in [0, 0.05) is 5.56 Å². The fourth-order valence-electron chi connectivity index (χ4n) is 2.49. The Balaban J connectivity index is 1.67. The number of halogens is 1. The van der Waals surface area contributed by atoms with Gasteiger partial charge in [-0.15, -0.1) is 10.2 Å². The van der Waals surface area contributed by atoms with Crippen LogP contribution in [0.3, 0.4) is 0 Å². The van der Waals surface area contributed by atoms with Crippen molar-refractivity contribution in [1.29, 1.82) is 5.26 Å². The first-order valence-corrected chi connectivity index (χ1v) is 9.41. The number of anilines is 1. The Morgan fingerprint density at radius 1 is 1.00 bits per heavy atom. The van der Waals surface area contributed by atoms with E-state index in [4.69, 9.17) is 5.26 Å². The molecule has 1 heterocycles. The maximum absolute atomic E-state index is 13.9. The molecule has 0 aliphatic carbocycles. The Hall–Kier alpha value is -3.96. The van der Waals surface area contributed by atoms with Crippen LogP contribution in [0.1, 0.15) is 11.1 Å². The zero-order valence-electron chi connectivity index (χ0n) is 15.0. The average molecular weight is 400 g/mol. The summed E-state index contributed by atoms with van der Waals surface area (Å²) in [5.41, 5.74) is 5.00. The van der Waals surface area contributed by atoms with E-state index in [2.05, 4.69) is 31.8 Å². The Morgan fingerprint density at radius 3 is 2.52 bits per heavy atom. The summed E-state index contributed by atoms with van der Waals surface area (Å²) in [5.74, 6) is -0.244. The van der Waals surface area contributed by atoms with Gasteiger partial charge in [-0.1, -0.05) is 35.6 Å². The van der Waals surface area contributed by atoms with E-state index >= 15 is 0 Å². The van der Waals surface area contributed by atoms with Crippen molar-refractivity contribution in [3.8, 4) is 6.07 Å². The van der Waals surface area contributed by atoms with Crippen LogP contribution in [0.2, 0.25) is 0 Å². The first-order chi connectivity index (χ1) is 14.2. The van der Waals surface area contributed by atoms with Crippen molar-refractivity contribution in [2.45, 2.75) is 0 Å². The number of thiazole rings is 1. The van der Waals surface area contributed by atoms with Crippen molar-refractivity contribution >= 4 is 38.2 Å². The highest BCUT2D eigenvalue weighted by Gasteiger charge is 2.07. The van der Waals surface area contributed by atoms with Gasteiger partial charge in [0.25, 0.3) is 0 Å². The Morgan fingerprint density at radius 2 is 1.76 bits per heavy atom. The van der Waals surface area contributed by atoms with Crippen LogP contribution in [0.25, 0.3) is 10.2 Å². The lowest BCUT2D eigenvalue weighted by molar-refractivity contribution is 0.628. The number of para-hydroxylation sites is 1. The summed E-state index contributed by atoms with van der Waals surface area (Å²) in [6.45, 7) is 0. The zero-order chi connectivity index (χ0) is 20.1. The molecule has 140 valence electrons. The maximum atomic E-state index is 13.9. The van der Waals surface area contributed by atoms with Crippen molar-refractivity contribution < 1.29 is 4.39 Å². The number of fused-ring (bicyclic) bond motifs is 1. The third kappa shape index (κ3) is 4.31. The number of hydrogen-bond acceptors (Lipinski definition) is 6. The molecule has 4 rings (SSSR count). The van der Waals surface area contributed by atoms with Gasteiger partial charge in [0.1, 0.15) is 5.69 Å². The fraction of sp³-hybridized carbons (Fsp3) is 0. The molecule has 0 bridgehead atoms. The summed E-state index contributed by atoms with van der Waals surface area (Å²) in [6.07, 6.45) is 0. The maximum Gasteiger partial charge on any atom is 0.204 e. The molecule has 8 heteroatoms. The molecular formula is C21H13FN6S. The number of benzene rings is 3. The average Bonchev–Trinajstić information content (AvgIpc) is 3.18. The molecule has 0 saturated carbocycles. The second kappa shape index (κ2) is 8.37. The molecule has 0 spiro atoms. The smallest absolute Gasteiger partial charge is 0.204 e. The van der Waals surface area contributed by atoms with Crippen molar-refractivity contribution in [2.24, 2.45) is 15.3 Å². The lowest BCUT2D eigenvalue weighted by atomic mass is 10.1. The minimum absolute atomic E-state index is 0.105. The predicted octanol–water partition coefficient (Wildman–Crippen LogP) is 5.86. The standard InChI is InChI=1S/C21H13FN6S/c22-16-5-1-2-6-17(16)25-26-20(15-11-9-14(13-23)10-12-15)27-28-21-24-18-7-3-4-8-19(18)29-21/h1-12H,(H,24,28). The van der Waals surface area contributed by atoms with Gasteiger partial charge in [-0.25, -0.2) is 9.37 Å². The number of rotatable bonds is 4. The topological polar surface area (TPSA) is 85.8 Å². The van der Waals surface area contributed by atoms with E-state index in [0.29, 0.717) is 16.3 Å². The highest BCUT2D eigenvalue weighted by molar-refractivity contribution is 7.22. The Labute approximate surface area is 169 Å². The molecule has 3 aromatic carbocycles. The van der Waals surface area contributed by atoms with E-state index < -0.39 is 5.82 Å². The summed E-state index contributed by atoms with van der Waals surface area (Å²) < 4.78 is 14.9. The van der Waals surface area contributed by atoms with E-state index in [9.17, 15) is 4.39 Å². The Bertz CT molecular complexity index is 1220. The minimum atomic E-state index is -0.477. The van der Waals surface area contributed by atoms with Gasteiger partial charge in [-0.3, -0.25) is 5.43 Å². The molecule has 0 unspecified atom stereocenters.